The second kappa shape index (κ2) is 11.7. The summed E-state index contributed by atoms with van der Waals surface area (Å²) in [4.78, 5) is 26.2. The first-order chi connectivity index (χ1) is 18.4. The number of carbonyl (C=O) groups is 1. The molecule has 1 aliphatic heterocycles. The van der Waals surface area contributed by atoms with Gasteiger partial charge in [-0.3, -0.25) is 4.79 Å². The number of thiophene rings is 1. The average molecular weight is 535 g/mol. The van der Waals surface area contributed by atoms with Crippen molar-refractivity contribution in [1.82, 2.24) is 20.2 Å². The second-order valence-electron chi connectivity index (χ2n) is 10.4. The molecule has 1 unspecified atom stereocenters. The maximum atomic E-state index is 12.6. The van der Waals surface area contributed by atoms with Gasteiger partial charge in [-0.25, -0.2) is 9.97 Å². The van der Waals surface area contributed by atoms with Gasteiger partial charge in [0.15, 0.2) is 0 Å². The second-order valence-corrected chi connectivity index (χ2v) is 11.5. The highest BCUT2D eigenvalue weighted by molar-refractivity contribution is 7.19. The Morgan fingerprint density at radius 1 is 1.24 bits per heavy atom. The molecule has 0 saturated carbocycles. The maximum Gasteiger partial charge on any atom is 0.236 e. The minimum Gasteiger partial charge on any atom is -0.492 e. The number of aryl methyl sites for hydroxylation is 1. The lowest BCUT2D eigenvalue weighted by Gasteiger charge is -2.29. The van der Waals surface area contributed by atoms with E-state index in [1.165, 1.54) is 22.4 Å². The van der Waals surface area contributed by atoms with E-state index in [9.17, 15) is 4.79 Å². The van der Waals surface area contributed by atoms with Crippen LogP contribution in [-0.2, 0) is 17.6 Å². The summed E-state index contributed by atoms with van der Waals surface area (Å²) in [7, 11) is 0. The van der Waals surface area contributed by atoms with E-state index < -0.39 is 0 Å². The van der Waals surface area contributed by atoms with Gasteiger partial charge in [0.2, 0.25) is 5.91 Å². The number of likely N-dealkylation sites (tertiary alicyclic amines) is 1. The molecule has 1 aromatic carbocycles. The first-order valence-electron chi connectivity index (χ1n) is 13.7. The van der Waals surface area contributed by atoms with Crippen molar-refractivity contribution in [3.8, 4) is 5.75 Å². The summed E-state index contributed by atoms with van der Waals surface area (Å²) >= 11 is 1.73. The number of nitrogens with two attached hydrogens (primary N) is 1. The van der Waals surface area contributed by atoms with Crippen molar-refractivity contribution in [1.29, 1.82) is 0 Å². The first-order valence-corrected chi connectivity index (χ1v) is 14.5. The van der Waals surface area contributed by atoms with E-state index in [1.54, 1.807) is 17.7 Å². The number of aromatic nitrogens is 2. The molecule has 1 fully saturated rings. The molecule has 2 aliphatic rings. The Bertz CT molecular complexity index is 1340. The third kappa shape index (κ3) is 5.78. The van der Waals surface area contributed by atoms with Gasteiger partial charge in [0.05, 0.1) is 24.2 Å². The van der Waals surface area contributed by atoms with Gasteiger partial charge in [-0.2, -0.15) is 0 Å². The Hall–Kier alpha value is -3.17. The standard InChI is InChI=1S/C29H38N6O2S/c1-4-37-24-15-22(30)19(12-18(2)3)13-23(24)34-28-27-21-9-8-20(14-25(21)38-29(27)33-17-32-28)31-16-26(36)35-10-6-5-7-11-35/h12-13,15,17,20,31H,4-11,14,16,30H2,1-3H3,(H,32,33,34). The van der Waals surface area contributed by atoms with Gasteiger partial charge >= 0.3 is 0 Å². The fourth-order valence-corrected chi connectivity index (χ4v) is 6.68. The number of carbonyl (C=O) groups excluding carboxylic acids is 1. The van der Waals surface area contributed by atoms with Gasteiger partial charge in [0.1, 0.15) is 22.7 Å². The van der Waals surface area contributed by atoms with Gasteiger partial charge < -0.3 is 26.0 Å². The van der Waals surface area contributed by atoms with Crippen LogP contribution in [0.25, 0.3) is 16.3 Å². The minimum atomic E-state index is 0.227. The topological polar surface area (TPSA) is 105 Å². The molecule has 3 aromatic rings. The molecule has 8 nitrogen and oxygen atoms in total. The zero-order chi connectivity index (χ0) is 26.6. The fourth-order valence-electron chi connectivity index (χ4n) is 5.41. The minimum absolute atomic E-state index is 0.227. The normalized spacial score (nSPS) is 17.2. The molecule has 0 radical (unpaired) electrons. The van der Waals surface area contributed by atoms with Crippen molar-refractivity contribution in [3.05, 3.63) is 40.0 Å². The predicted octanol–water partition coefficient (Wildman–Crippen LogP) is 5.30. The van der Waals surface area contributed by atoms with E-state index in [1.807, 2.05) is 24.0 Å². The number of fused-ring (bicyclic) bond motifs is 3. The molecule has 0 spiro atoms. The van der Waals surface area contributed by atoms with Crippen molar-refractivity contribution >= 4 is 50.7 Å². The van der Waals surface area contributed by atoms with Gasteiger partial charge in [0, 0.05) is 35.8 Å². The number of hydrogen-bond donors (Lipinski definition) is 3. The number of ether oxygens (including phenoxy) is 1. The summed E-state index contributed by atoms with van der Waals surface area (Å²) in [6.45, 7) is 8.83. The average Bonchev–Trinajstić information content (AvgIpc) is 3.29. The Morgan fingerprint density at radius 2 is 2.05 bits per heavy atom. The lowest BCUT2D eigenvalue weighted by Crippen LogP contribution is -2.45. The Morgan fingerprint density at radius 3 is 2.82 bits per heavy atom. The highest BCUT2D eigenvalue weighted by Gasteiger charge is 2.26. The van der Waals surface area contributed by atoms with Gasteiger partial charge in [-0.1, -0.05) is 11.6 Å². The van der Waals surface area contributed by atoms with Crippen LogP contribution in [0, 0.1) is 0 Å². The fraction of sp³-hybridized carbons (Fsp3) is 0.483. The van der Waals surface area contributed by atoms with Crippen LogP contribution in [0.2, 0.25) is 0 Å². The zero-order valence-corrected chi connectivity index (χ0v) is 23.4. The molecule has 2 aromatic heterocycles. The highest BCUT2D eigenvalue weighted by atomic mass is 32.1. The van der Waals surface area contributed by atoms with E-state index in [4.69, 9.17) is 10.5 Å². The van der Waals surface area contributed by atoms with Crippen LogP contribution < -0.4 is 21.1 Å². The molecule has 1 saturated heterocycles. The van der Waals surface area contributed by atoms with Crippen LogP contribution >= 0.6 is 11.3 Å². The van der Waals surface area contributed by atoms with E-state index in [2.05, 4.69) is 40.5 Å². The Balaban J connectivity index is 1.37. The summed E-state index contributed by atoms with van der Waals surface area (Å²) < 4.78 is 5.92. The van der Waals surface area contributed by atoms with Crippen LogP contribution in [0.4, 0.5) is 17.2 Å². The highest BCUT2D eigenvalue weighted by Crippen LogP contribution is 2.41. The van der Waals surface area contributed by atoms with Crippen LogP contribution in [0.5, 0.6) is 5.75 Å². The number of benzene rings is 1. The summed E-state index contributed by atoms with van der Waals surface area (Å²) in [5.41, 5.74) is 11.3. The van der Waals surface area contributed by atoms with Crippen molar-refractivity contribution in [2.45, 2.75) is 65.3 Å². The van der Waals surface area contributed by atoms with Crippen molar-refractivity contribution in [2.24, 2.45) is 0 Å². The molecule has 5 rings (SSSR count). The van der Waals surface area contributed by atoms with Crippen molar-refractivity contribution in [3.63, 3.8) is 0 Å². The molecule has 202 valence electrons. The quantitative estimate of drug-likeness (QED) is 0.337. The number of anilines is 3. The van der Waals surface area contributed by atoms with Crippen LogP contribution in [0.3, 0.4) is 0 Å². The number of rotatable bonds is 8. The number of nitrogens with one attached hydrogen (secondary N) is 2. The van der Waals surface area contributed by atoms with Crippen LogP contribution in [0.1, 0.15) is 62.5 Å². The summed E-state index contributed by atoms with van der Waals surface area (Å²) in [5, 5.41) is 8.16. The lowest BCUT2D eigenvalue weighted by atomic mass is 9.93. The molecule has 1 aliphatic carbocycles. The third-order valence-corrected chi connectivity index (χ3v) is 8.44. The maximum absolute atomic E-state index is 12.6. The lowest BCUT2D eigenvalue weighted by molar-refractivity contribution is -0.131. The number of hydrogen-bond acceptors (Lipinski definition) is 8. The van der Waals surface area contributed by atoms with Crippen molar-refractivity contribution in [2.75, 3.05) is 37.3 Å². The molecular weight excluding hydrogens is 496 g/mol. The predicted molar refractivity (Wildman–Crippen MR) is 156 cm³/mol. The molecule has 38 heavy (non-hydrogen) atoms. The molecule has 3 heterocycles. The van der Waals surface area contributed by atoms with E-state index in [0.717, 1.165) is 72.5 Å². The molecule has 0 bridgehead atoms. The zero-order valence-electron chi connectivity index (χ0n) is 22.6. The largest absolute Gasteiger partial charge is 0.492 e. The van der Waals surface area contributed by atoms with Crippen molar-refractivity contribution < 1.29 is 9.53 Å². The molecule has 9 heteroatoms. The smallest absolute Gasteiger partial charge is 0.236 e. The Kier molecular flexibility index (Phi) is 8.14. The number of piperidine rings is 1. The van der Waals surface area contributed by atoms with Gasteiger partial charge in [-0.05, 0) is 76.5 Å². The molecule has 1 atom stereocenters. The number of allylic oxidation sites excluding steroid dienone is 1. The van der Waals surface area contributed by atoms with Crippen LogP contribution in [-0.4, -0.2) is 53.1 Å². The summed E-state index contributed by atoms with van der Waals surface area (Å²) in [5.74, 6) is 1.72. The molecule has 4 N–H and O–H groups in total. The van der Waals surface area contributed by atoms with E-state index in [-0.39, 0.29) is 5.91 Å². The SMILES string of the molecule is CCOc1cc(N)c(C=C(C)C)cc1Nc1ncnc2sc3c(c12)CCC(NCC(=O)N1CCCCC1)C3. The molecule has 1 amide bonds. The number of nitrogen functional groups attached to an aromatic ring is 1. The molecular formula is C29H38N6O2S. The number of amides is 1. The monoisotopic (exact) mass is 534 g/mol. The third-order valence-electron chi connectivity index (χ3n) is 7.28. The Labute approximate surface area is 228 Å². The van der Waals surface area contributed by atoms with Gasteiger partial charge in [-0.15, -0.1) is 11.3 Å². The first kappa shape index (κ1) is 26.4. The number of nitrogens with zero attached hydrogens (tertiary/aromatic N) is 3. The summed E-state index contributed by atoms with van der Waals surface area (Å²) in [6.07, 6.45) is 9.98. The van der Waals surface area contributed by atoms with Crippen LogP contribution in [0.15, 0.2) is 24.0 Å². The van der Waals surface area contributed by atoms with E-state index in [0.29, 0.717) is 30.6 Å². The van der Waals surface area contributed by atoms with E-state index >= 15 is 0 Å². The van der Waals surface area contributed by atoms with Gasteiger partial charge in [0.25, 0.3) is 0 Å². The summed E-state index contributed by atoms with van der Waals surface area (Å²) in [6, 6.07) is 4.20.